The van der Waals surface area contributed by atoms with E-state index in [1.165, 1.54) is 9.80 Å². The van der Waals surface area contributed by atoms with Gasteiger partial charge in [-0.2, -0.15) is 0 Å². The number of aryl methyl sites for hydroxylation is 2. The molecule has 1 fully saturated rings. The molecule has 0 saturated carbocycles. The van der Waals surface area contributed by atoms with E-state index in [1.807, 2.05) is 32.0 Å². The SMILES string of the molecule is Cc1ccc(NC(=O)CCCN2C(=O)CN(C)C2=O)c(C)c1. The Hall–Kier alpha value is -2.37. The number of nitrogens with zero attached hydrogens (tertiary/aromatic N) is 2. The topological polar surface area (TPSA) is 69.7 Å². The number of nitrogens with one attached hydrogen (secondary N) is 1. The Morgan fingerprint density at radius 1 is 1.27 bits per heavy atom. The molecule has 4 amide bonds. The highest BCUT2D eigenvalue weighted by molar-refractivity contribution is 6.01. The van der Waals surface area contributed by atoms with Crippen LogP contribution in [0.4, 0.5) is 10.5 Å². The van der Waals surface area contributed by atoms with Gasteiger partial charge in [0.25, 0.3) is 0 Å². The number of carbonyl (C=O) groups is 3. The van der Waals surface area contributed by atoms with Gasteiger partial charge in [0, 0.05) is 25.7 Å². The van der Waals surface area contributed by atoms with E-state index in [0.717, 1.165) is 16.8 Å². The van der Waals surface area contributed by atoms with E-state index >= 15 is 0 Å². The highest BCUT2D eigenvalue weighted by Crippen LogP contribution is 2.16. The third-order valence-corrected chi connectivity index (χ3v) is 3.67. The lowest BCUT2D eigenvalue weighted by molar-refractivity contribution is -0.125. The summed E-state index contributed by atoms with van der Waals surface area (Å²) in [6.45, 7) is 4.34. The molecular formula is C16H21N3O3. The zero-order chi connectivity index (χ0) is 16.3. The number of hydrogen-bond donors (Lipinski definition) is 1. The Labute approximate surface area is 130 Å². The van der Waals surface area contributed by atoms with Gasteiger partial charge in [-0.1, -0.05) is 17.7 Å². The van der Waals surface area contributed by atoms with Crippen LogP contribution in [0, 0.1) is 13.8 Å². The van der Waals surface area contributed by atoms with Gasteiger partial charge < -0.3 is 10.2 Å². The van der Waals surface area contributed by atoms with Crippen LogP contribution in [0.15, 0.2) is 18.2 Å². The summed E-state index contributed by atoms with van der Waals surface area (Å²) in [6.07, 6.45) is 0.732. The molecule has 1 heterocycles. The van der Waals surface area contributed by atoms with Gasteiger partial charge in [0.05, 0.1) is 0 Å². The predicted molar refractivity (Wildman–Crippen MR) is 83.5 cm³/mol. The molecule has 0 spiro atoms. The Bertz CT molecular complexity index is 613. The molecule has 1 saturated heterocycles. The largest absolute Gasteiger partial charge is 0.326 e. The van der Waals surface area contributed by atoms with Crippen molar-refractivity contribution in [3.8, 4) is 0 Å². The van der Waals surface area contributed by atoms with Gasteiger partial charge in [-0.3, -0.25) is 14.5 Å². The summed E-state index contributed by atoms with van der Waals surface area (Å²) in [6, 6.07) is 5.54. The Morgan fingerprint density at radius 3 is 2.59 bits per heavy atom. The van der Waals surface area contributed by atoms with Crippen molar-refractivity contribution < 1.29 is 14.4 Å². The molecule has 0 bridgehead atoms. The number of anilines is 1. The first-order valence-electron chi connectivity index (χ1n) is 7.31. The Morgan fingerprint density at radius 2 is 2.00 bits per heavy atom. The molecule has 0 aliphatic carbocycles. The smallest absolute Gasteiger partial charge is 0.326 e. The third-order valence-electron chi connectivity index (χ3n) is 3.67. The number of benzene rings is 1. The lowest BCUT2D eigenvalue weighted by Crippen LogP contribution is -2.32. The van der Waals surface area contributed by atoms with E-state index in [2.05, 4.69) is 5.32 Å². The molecule has 1 aliphatic heterocycles. The molecule has 6 heteroatoms. The van der Waals surface area contributed by atoms with E-state index < -0.39 is 0 Å². The lowest BCUT2D eigenvalue weighted by Gasteiger charge is -2.14. The zero-order valence-corrected chi connectivity index (χ0v) is 13.2. The van der Waals surface area contributed by atoms with Crippen LogP contribution < -0.4 is 5.32 Å². The van der Waals surface area contributed by atoms with Crippen LogP contribution in [0.3, 0.4) is 0 Å². The number of urea groups is 1. The zero-order valence-electron chi connectivity index (χ0n) is 13.2. The Balaban J connectivity index is 1.81. The summed E-state index contributed by atoms with van der Waals surface area (Å²) >= 11 is 0. The molecule has 0 aromatic heterocycles. The molecular weight excluding hydrogens is 282 g/mol. The standard InChI is InChI=1S/C16H21N3O3/c1-11-6-7-13(12(2)9-11)17-14(20)5-4-8-19-15(21)10-18(3)16(19)22/h6-7,9H,4-5,8,10H2,1-3H3,(H,17,20). The average molecular weight is 303 g/mol. The van der Waals surface area contributed by atoms with Gasteiger partial charge in [0.1, 0.15) is 6.54 Å². The molecule has 6 nitrogen and oxygen atoms in total. The summed E-state index contributed by atoms with van der Waals surface area (Å²) < 4.78 is 0. The van der Waals surface area contributed by atoms with Crippen molar-refractivity contribution in [1.82, 2.24) is 9.80 Å². The number of rotatable bonds is 5. The van der Waals surface area contributed by atoms with Gasteiger partial charge in [0.2, 0.25) is 11.8 Å². The number of hydrogen-bond acceptors (Lipinski definition) is 3. The minimum absolute atomic E-state index is 0.112. The first-order valence-corrected chi connectivity index (χ1v) is 7.31. The molecule has 1 aromatic rings. The summed E-state index contributed by atoms with van der Waals surface area (Å²) in [5.74, 6) is -0.318. The van der Waals surface area contributed by atoms with Crippen LogP contribution in [-0.2, 0) is 9.59 Å². The minimum Gasteiger partial charge on any atom is -0.326 e. The molecule has 0 unspecified atom stereocenters. The van der Waals surface area contributed by atoms with Crippen molar-refractivity contribution in [2.75, 3.05) is 25.5 Å². The summed E-state index contributed by atoms with van der Waals surface area (Å²) in [4.78, 5) is 37.8. The van der Waals surface area contributed by atoms with Crippen molar-refractivity contribution in [1.29, 1.82) is 0 Å². The maximum atomic E-state index is 11.9. The minimum atomic E-state index is -0.292. The molecule has 2 rings (SSSR count). The predicted octanol–water partition coefficient (Wildman–Crippen LogP) is 1.92. The van der Waals surface area contributed by atoms with E-state index in [0.29, 0.717) is 6.42 Å². The quantitative estimate of drug-likeness (QED) is 0.845. The van der Waals surface area contributed by atoms with Gasteiger partial charge in [-0.25, -0.2) is 4.79 Å². The van der Waals surface area contributed by atoms with Crippen molar-refractivity contribution in [2.45, 2.75) is 26.7 Å². The average Bonchev–Trinajstić information content (AvgIpc) is 2.68. The molecule has 1 aliphatic rings. The molecule has 22 heavy (non-hydrogen) atoms. The molecule has 118 valence electrons. The highest BCUT2D eigenvalue weighted by Gasteiger charge is 2.32. The third kappa shape index (κ3) is 3.63. The first-order chi connectivity index (χ1) is 10.4. The van der Waals surface area contributed by atoms with E-state index in [-0.39, 0.29) is 37.4 Å². The number of likely N-dealkylation sites (N-methyl/N-ethyl adjacent to an activating group) is 1. The van der Waals surface area contributed by atoms with Crippen LogP contribution in [0.25, 0.3) is 0 Å². The van der Waals surface area contributed by atoms with Gasteiger partial charge in [-0.15, -0.1) is 0 Å². The van der Waals surface area contributed by atoms with Crippen LogP contribution in [-0.4, -0.2) is 47.8 Å². The van der Waals surface area contributed by atoms with Crippen molar-refractivity contribution >= 4 is 23.5 Å². The summed E-state index contributed by atoms with van der Waals surface area (Å²) in [7, 11) is 1.59. The lowest BCUT2D eigenvalue weighted by atomic mass is 10.1. The number of amides is 4. The van der Waals surface area contributed by atoms with Crippen molar-refractivity contribution in [3.05, 3.63) is 29.3 Å². The second-order valence-electron chi connectivity index (χ2n) is 5.65. The van der Waals surface area contributed by atoms with Crippen LogP contribution >= 0.6 is 0 Å². The van der Waals surface area contributed by atoms with Crippen molar-refractivity contribution in [3.63, 3.8) is 0 Å². The summed E-state index contributed by atoms with van der Waals surface area (Å²) in [5, 5.41) is 2.86. The number of carbonyl (C=O) groups excluding carboxylic acids is 3. The normalized spacial score (nSPS) is 14.7. The number of imide groups is 1. The fourth-order valence-electron chi connectivity index (χ4n) is 2.45. The van der Waals surface area contributed by atoms with Crippen molar-refractivity contribution in [2.24, 2.45) is 0 Å². The van der Waals surface area contributed by atoms with Crippen LogP contribution in [0.5, 0.6) is 0 Å². The fourth-order valence-corrected chi connectivity index (χ4v) is 2.45. The van der Waals surface area contributed by atoms with Gasteiger partial charge in [-0.05, 0) is 31.9 Å². The second kappa shape index (κ2) is 6.60. The van der Waals surface area contributed by atoms with Gasteiger partial charge in [0.15, 0.2) is 0 Å². The first kappa shape index (κ1) is 16.0. The Kier molecular flexibility index (Phi) is 4.80. The van der Waals surface area contributed by atoms with E-state index in [4.69, 9.17) is 0 Å². The highest BCUT2D eigenvalue weighted by atomic mass is 16.2. The van der Waals surface area contributed by atoms with Crippen LogP contribution in [0.2, 0.25) is 0 Å². The maximum absolute atomic E-state index is 11.9. The molecule has 0 radical (unpaired) electrons. The molecule has 0 atom stereocenters. The second-order valence-corrected chi connectivity index (χ2v) is 5.65. The monoisotopic (exact) mass is 303 g/mol. The summed E-state index contributed by atoms with van der Waals surface area (Å²) in [5.41, 5.74) is 2.95. The fraction of sp³-hybridized carbons (Fsp3) is 0.438. The van der Waals surface area contributed by atoms with Crippen LogP contribution in [0.1, 0.15) is 24.0 Å². The molecule has 1 N–H and O–H groups in total. The van der Waals surface area contributed by atoms with Gasteiger partial charge >= 0.3 is 6.03 Å². The molecule has 1 aromatic carbocycles. The maximum Gasteiger partial charge on any atom is 0.326 e. The van der Waals surface area contributed by atoms with E-state index in [9.17, 15) is 14.4 Å². The van der Waals surface area contributed by atoms with E-state index in [1.54, 1.807) is 7.05 Å².